The van der Waals surface area contributed by atoms with Crippen LogP contribution < -0.4 is 0 Å². The highest BCUT2D eigenvalue weighted by atomic mass is 19.1. The molecular formula is C14H13FN2O. The van der Waals surface area contributed by atoms with E-state index in [1.54, 1.807) is 37.5 Å². The molecular weight excluding hydrogens is 231 g/mol. The Morgan fingerprint density at radius 2 is 2.17 bits per heavy atom. The summed E-state index contributed by atoms with van der Waals surface area (Å²) in [6, 6.07) is 9.64. The highest BCUT2D eigenvalue weighted by molar-refractivity contribution is 5.93. The lowest BCUT2D eigenvalue weighted by molar-refractivity contribution is 0.0784. The molecule has 1 aromatic carbocycles. The zero-order valence-electron chi connectivity index (χ0n) is 10.0. The van der Waals surface area contributed by atoms with E-state index in [0.29, 0.717) is 12.1 Å². The molecule has 0 aliphatic heterocycles. The third-order valence-corrected chi connectivity index (χ3v) is 2.56. The van der Waals surface area contributed by atoms with E-state index in [-0.39, 0.29) is 11.7 Å². The van der Waals surface area contributed by atoms with E-state index >= 15 is 0 Å². The number of benzene rings is 1. The molecule has 1 heterocycles. The summed E-state index contributed by atoms with van der Waals surface area (Å²) in [6.45, 7) is 0.367. The summed E-state index contributed by atoms with van der Waals surface area (Å²) < 4.78 is 13.0. The summed E-state index contributed by atoms with van der Waals surface area (Å²) in [5.74, 6) is -0.429. The van der Waals surface area contributed by atoms with Crippen molar-refractivity contribution in [2.24, 2.45) is 0 Å². The largest absolute Gasteiger partial charge is 0.337 e. The van der Waals surface area contributed by atoms with Gasteiger partial charge in [-0.3, -0.25) is 9.78 Å². The summed E-state index contributed by atoms with van der Waals surface area (Å²) in [6.07, 6.45) is 3.13. The fourth-order valence-corrected chi connectivity index (χ4v) is 1.69. The van der Waals surface area contributed by atoms with Crippen LogP contribution in [0.4, 0.5) is 4.39 Å². The predicted molar refractivity (Wildman–Crippen MR) is 66.4 cm³/mol. The molecule has 1 amide bonds. The van der Waals surface area contributed by atoms with Crippen LogP contribution >= 0.6 is 0 Å². The van der Waals surface area contributed by atoms with E-state index in [2.05, 4.69) is 4.98 Å². The SMILES string of the molecule is CN(Cc1cccc(F)c1)C(=O)c1cccnc1. The molecule has 0 N–H and O–H groups in total. The van der Waals surface area contributed by atoms with E-state index in [1.165, 1.54) is 23.2 Å². The van der Waals surface area contributed by atoms with Crippen LogP contribution in [-0.2, 0) is 6.54 Å². The number of carbonyl (C=O) groups is 1. The summed E-state index contributed by atoms with van der Waals surface area (Å²) in [5, 5.41) is 0. The van der Waals surface area contributed by atoms with Crippen molar-refractivity contribution in [3.05, 3.63) is 65.7 Å². The zero-order chi connectivity index (χ0) is 13.0. The molecule has 2 rings (SSSR count). The molecule has 0 unspecified atom stereocenters. The first-order valence-electron chi connectivity index (χ1n) is 5.57. The smallest absolute Gasteiger partial charge is 0.255 e. The Morgan fingerprint density at radius 1 is 1.33 bits per heavy atom. The van der Waals surface area contributed by atoms with Gasteiger partial charge in [0.1, 0.15) is 5.82 Å². The van der Waals surface area contributed by atoms with Crippen LogP contribution in [0.15, 0.2) is 48.8 Å². The van der Waals surface area contributed by atoms with E-state index in [4.69, 9.17) is 0 Å². The van der Waals surface area contributed by atoms with Gasteiger partial charge in [0.25, 0.3) is 5.91 Å². The lowest BCUT2D eigenvalue weighted by Gasteiger charge is -2.17. The Bertz CT molecular complexity index is 543. The number of amides is 1. The first-order valence-corrected chi connectivity index (χ1v) is 5.57. The second-order valence-electron chi connectivity index (χ2n) is 4.03. The number of carbonyl (C=O) groups excluding carboxylic acids is 1. The molecule has 0 saturated carbocycles. The normalized spacial score (nSPS) is 10.1. The molecule has 2 aromatic rings. The maximum Gasteiger partial charge on any atom is 0.255 e. The maximum atomic E-state index is 13.0. The number of rotatable bonds is 3. The molecule has 0 fully saturated rings. The number of aromatic nitrogens is 1. The van der Waals surface area contributed by atoms with Gasteiger partial charge in [-0.2, -0.15) is 0 Å². The average molecular weight is 244 g/mol. The Kier molecular flexibility index (Phi) is 3.67. The van der Waals surface area contributed by atoms with Gasteiger partial charge in [0, 0.05) is 26.0 Å². The fraction of sp³-hybridized carbons (Fsp3) is 0.143. The molecule has 0 saturated heterocycles. The summed E-state index contributed by atoms with van der Waals surface area (Å²) >= 11 is 0. The van der Waals surface area contributed by atoms with Crippen molar-refractivity contribution < 1.29 is 9.18 Å². The van der Waals surface area contributed by atoms with Crippen molar-refractivity contribution in [2.75, 3.05) is 7.05 Å². The van der Waals surface area contributed by atoms with Crippen molar-refractivity contribution in [1.29, 1.82) is 0 Å². The molecule has 3 nitrogen and oxygen atoms in total. The monoisotopic (exact) mass is 244 g/mol. The zero-order valence-corrected chi connectivity index (χ0v) is 10.0. The molecule has 0 radical (unpaired) electrons. The molecule has 1 aromatic heterocycles. The third kappa shape index (κ3) is 2.91. The first kappa shape index (κ1) is 12.2. The van der Waals surface area contributed by atoms with Crippen LogP contribution in [0.3, 0.4) is 0 Å². The molecule has 4 heteroatoms. The Labute approximate surface area is 105 Å². The Balaban J connectivity index is 2.09. The number of halogens is 1. The average Bonchev–Trinajstić information content (AvgIpc) is 2.39. The van der Waals surface area contributed by atoms with Crippen molar-refractivity contribution in [3.63, 3.8) is 0 Å². The lowest BCUT2D eigenvalue weighted by Crippen LogP contribution is -2.26. The van der Waals surface area contributed by atoms with Gasteiger partial charge >= 0.3 is 0 Å². The highest BCUT2D eigenvalue weighted by Crippen LogP contribution is 2.09. The van der Waals surface area contributed by atoms with Crippen molar-refractivity contribution in [1.82, 2.24) is 9.88 Å². The molecule has 0 spiro atoms. The fourth-order valence-electron chi connectivity index (χ4n) is 1.69. The van der Waals surface area contributed by atoms with Crippen LogP contribution in [0, 0.1) is 5.82 Å². The topological polar surface area (TPSA) is 33.2 Å². The van der Waals surface area contributed by atoms with Crippen LogP contribution in [0.5, 0.6) is 0 Å². The lowest BCUT2D eigenvalue weighted by atomic mass is 10.2. The van der Waals surface area contributed by atoms with Gasteiger partial charge in [0.05, 0.1) is 5.56 Å². The van der Waals surface area contributed by atoms with E-state index < -0.39 is 0 Å². The minimum absolute atomic E-state index is 0.132. The summed E-state index contributed by atoms with van der Waals surface area (Å²) in [4.78, 5) is 17.5. The maximum absolute atomic E-state index is 13.0. The number of pyridine rings is 1. The van der Waals surface area contributed by atoms with Crippen LogP contribution in [0.1, 0.15) is 15.9 Å². The molecule has 0 atom stereocenters. The molecule has 18 heavy (non-hydrogen) atoms. The van der Waals surface area contributed by atoms with Gasteiger partial charge in [0.15, 0.2) is 0 Å². The van der Waals surface area contributed by atoms with Gasteiger partial charge in [-0.1, -0.05) is 12.1 Å². The van der Waals surface area contributed by atoms with Crippen LogP contribution in [-0.4, -0.2) is 22.8 Å². The van der Waals surface area contributed by atoms with E-state index in [1.807, 2.05) is 0 Å². The van der Waals surface area contributed by atoms with Crippen LogP contribution in [0.2, 0.25) is 0 Å². The standard InChI is InChI=1S/C14H13FN2O/c1-17(10-11-4-2-6-13(15)8-11)14(18)12-5-3-7-16-9-12/h2-9H,10H2,1H3. The van der Waals surface area contributed by atoms with Gasteiger partial charge in [-0.25, -0.2) is 4.39 Å². The quantitative estimate of drug-likeness (QED) is 0.831. The van der Waals surface area contributed by atoms with Crippen molar-refractivity contribution in [3.8, 4) is 0 Å². The van der Waals surface area contributed by atoms with E-state index in [0.717, 1.165) is 5.56 Å². The van der Waals surface area contributed by atoms with E-state index in [9.17, 15) is 9.18 Å². The van der Waals surface area contributed by atoms with Gasteiger partial charge < -0.3 is 4.90 Å². The summed E-state index contributed by atoms with van der Waals surface area (Å²) in [5.41, 5.74) is 1.28. The minimum Gasteiger partial charge on any atom is -0.337 e. The third-order valence-electron chi connectivity index (χ3n) is 2.56. The van der Waals surface area contributed by atoms with Gasteiger partial charge in [-0.15, -0.1) is 0 Å². The number of hydrogen-bond donors (Lipinski definition) is 0. The Hall–Kier alpha value is -2.23. The molecule has 0 aliphatic carbocycles. The number of hydrogen-bond acceptors (Lipinski definition) is 2. The second-order valence-corrected chi connectivity index (χ2v) is 4.03. The first-order chi connectivity index (χ1) is 8.66. The number of nitrogens with zero attached hydrogens (tertiary/aromatic N) is 2. The Morgan fingerprint density at radius 3 is 2.83 bits per heavy atom. The van der Waals surface area contributed by atoms with Crippen molar-refractivity contribution >= 4 is 5.91 Å². The van der Waals surface area contributed by atoms with Crippen molar-refractivity contribution in [2.45, 2.75) is 6.54 Å². The molecule has 92 valence electrons. The highest BCUT2D eigenvalue weighted by Gasteiger charge is 2.11. The van der Waals surface area contributed by atoms with Gasteiger partial charge in [0.2, 0.25) is 0 Å². The van der Waals surface area contributed by atoms with Crippen LogP contribution in [0.25, 0.3) is 0 Å². The van der Waals surface area contributed by atoms with Gasteiger partial charge in [-0.05, 0) is 29.8 Å². The second kappa shape index (κ2) is 5.40. The summed E-state index contributed by atoms with van der Waals surface area (Å²) in [7, 11) is 1.68. The minimum atomic E-state index is -0.297. The molecule has 0 aliphatic rings. The predicted octanol–water partition coefficient (Wildman–Crippen LogP) is 2.49. The molecule has 0 bridgehead atoms.